The first-order valence-electron chi connectivity index (χ1n) is 8.79. The Kier molecular flexibility index (Phi) is 73.0. The van der Waals surface area contributed by atoms with Gasteiger partial charge in [-0.15, -0.1) is 0 Å². The van der Waals surface area contributed by atoms with Crippen LogP contribution in [-0.4, -0.2) is 131 Å². The Morgan fingerprint density at radius 2 is 0.571 bits per heavy atom. The van der Waals surface area contributed by atoms with Gasteiger partial charge in [-0.25, -0.2) is 0 Å². The van der Waals surface area contributed by atoms with Crippen LogP contribution in [0, 0.1) is 0 Å². The molecule has 0 aliphatic carbocycles. The molecule has 0 saturated carbocycles. The normalized spacial score (nSPS) is 9.00. The molecule has 0 aliphatic rings. The van der Waals surface area contributed by atoms with Crippen LogP contribution in [0.3, 0.4) is 0 Å². The summed E-state index contributed by atoms with van der Waals surface area (Å²) in [6.07, 6.45) is 0. The van der Waals surface area contributed by atoms with E-state index in [1.54, 1.807) is 9.80 Å². The minimum atomic E-state index is 0. The first kappa shape index (κ1) is 43.6. The molecule has 0 bridgehead atoms. The molecule has 0 spiro atoms. The van der Waals surface area contributed by atoms with Gasteiger partial charge in [0.15, 0.2) is 0 Å². The van der Waals surface area contributed by atoms with Gasteiger partial charge in [0.1, 0.15) is 0 Å². The third-order valence-electron chi connectivity index (χ3n) is 2.50. The van der Waals surface area contributed by atoms with Crippen molar-refractivity contribution < 1.29 is 74.1 Å². The summed E-state index contributed by atoms with van der Waals surface area (Å²) in [4.78, 5) is 3.58. The van der Waals surface area contributed by atoms with E-state index in [1.165, 1.54) is 0 Å². The fourth-order valence-corrected chi connectivity index (χ4v) is 1.52. The predicted molar refractivity (Wildman–Crippen MR) is 111 cm³/mol. The second kappa shape index (κ2) is 46.8. The van der Waals surface area contributed by atoms with Crippen LogP contribution < -0.4 is 0 Å². The summed E-state index contributed by atoms with van der Waals surface area (Å²) in [6.45, 7) is 7.39. The zero-order valence-electron chi connectivity index (χ0n) is 17.3. The number of hydrogen-bond acceptors (Lipinski definition) is 10. The van der Waals surface area contributed by atoms with Crippen LogP contribution in [0.2, 0.25) is 0 Å². The summed E-state index contributed by atoms with van der Waals surface area (Å²) in [7, 11) is 0. The second-order valence-corrected chi connectivity index (χ2v) is 5.76. The van der Waals surface area contributed by atoms with Crippen molar-refractivity contribution in [1.29, 1.82) is 0 Å². The standard InChI is InChI=1S/2C6H15NO3.2C2H6S.2Ti/c2*8-4-1-7(2-5-9)3-6-10;2*1-2-3;;/h2*8-10H,1-6H2;2*3H,2H2,1H3;;/p-2. The average Bonchev–Trinajstić information content (AvgIpc) is 2.58. The van der Waals surface area contributed by atoms with Crippen LogP contribution in [0.15, 0.2) is 0 Å². The van der Waals surface area contributed by atoms with Crippen molar-refractivity contribution >= 4 is 25.3 Å². The summed E-state index contributed by atoms with van der Waals surface area (Å²) in [6, 6.07) is 0. The van der Waals surface area contributed by atoms with Gasteiger partial charge in [-0.3, -0.25) is 9.80 Å². The van der Waals surface area contributed by atoms with Gasteiger partial charge in [0, 0.05) is 82.7 Å². The summed E-state index contributed by atoms with van der Waals surface area (Å²) in [5, 5.41) is 50.9. The Labute approximate surface area is 212 Å². The van der Waals surface area contributed by atoms with Crippen molar-refractivity contribution in [3.63, 3.8) is 0 Å². The van der Waals surface area contributed by atoms with Crippen LogP contribution in [0.1, 0.15) is 13.8 Å². The van der Waals surface area contributed by atoms with Crippen LogP contribution in [-0.2, 0) is 68.7 Å². The van der Waals surface area contributed by atoms with Crippen molar-refractivity contribution in [2.75, 3.05) is 90.4 Å². The first-order chi connectivity index (χ1) is 12.5. The van der Waals surface area contributed by atoms with E-state index < -0.39 is 0 Å². The van der Waals surface area contributed by atoms with E-state index in [1.807, 2.05) is 13.8 Å². The van der Waals surface area contributed by atoms with Gasteiger partial charge in [-0.2, -0.15) is 11.5 Å². The minimum absolute atomic E-state index is 0. The third kappa shape index (κ3) is 50.9. The Bertz CT molecular complexity index is 173. The van der Waals surface area contributed by atoms with E-state index in [2.05, 4.69) is 25.3 Å². The molecule has 0 radical (unpaired) electrons. The second-order valence-electron chi connectivity index (χ2n) is 4.60. The maximum atomic E-state index is 8.48. The summed E-state index contributed by atoms with van der Waals surface area (Å²) in [5.74, 6) is 1.67. The average molecular weight is 516 g/mol. The summed E-state index contributed by atoms with van der Waals surface area (Å²) >= 11 is 8.79. The van der Waals surface area contributed by atoms with Crippen LogP contribution in [0.4, 0.5) is 0 Å². The molecule has 0 aromatic rings. The Balaban J connectivity index is -0.0000000638. The molecule has 0 heterocycles. The van der Waals surface area contributed by atoms with E-state index in [0.717, 1.165) is 11.5 Å². The molecule has 0 rings (SSSR count). The zero-order valence-corrected chi connectivity index (χ0v) is 22.0. The Morgan fingerprint density at radius 1 is 0.464 bits per heavy atom. The molecule has 0 unspecified atom stereocenters. The number of hydrogen-bond donors (Lipinski definition) is 6. The van der Waals surface area contributed by atoms with E-state index in [4.69, 9.17) is 30.6 Å². The molecular formula is C16H40N2O6S2Ti2-2. The molecule has 172 valence electrons. The number of nitrogens with zero attached hydrogens (tertiary/aromatic N) is 2. The fraction of sp³-hybridized carbons (Fsp3) is 1.00. The van der Waals surface area contributed by atoms with Crippen molar-refractivity contribution in [3.05, 3.63) is 0 Å². The minimum Gasteiger partial charge on any atom is -0.793 e. The monoisotopic (exact) mass is 516 g/mol. The van der Waals surface area contributed by atoms with Gasteiger partial charge in [0.2, 0.25) is 0 Å². The van der Waals surface area contributed by atoms with Crippen LogP contribution >= 0.6 is 0 Å². The molecule has 0 aromatic heterocycles. The van der Waals surface area contributed by atoms with Gasteiger partial charge >= 0.3 is 0 Å². The Hall–Kier alpha value is 1.81. The molecule has 0 aliphatic heterocycles. The molecule has 0 amide bonds. The first-order valence-corrected chi connectivity index (χ1v) is 9.94. The molecule has 0 saturated heterocycles. The molecule has 12 heteroatoms. The molecule has 8 nitrogen and oxygen atoms in total. The topological polar surface area (TPSA) is 128 Å². The van der Waals surface area contributed by atoms with E-state index in [9.17, 15) is 0 Å². The van der Waals surface area contributed by atoms with Gasteiger partial charge in [-0.1, -0.05) is 13.8 Å². The van der Waals surface area contributed by atoms with Crippen molar-refractivity contribution in [1.82, 2.24) is 9.80 Å². The summed E-state index contributed by atoms with van der Waals surface area (Å²) in [5.41, 5.74) is 0. The van der Waals surface area contributed by atoms with E-state index in [0.29, 0.717) is 39.3 Å². The zero-order chi connectivity index (χ0) is 21.1. The van der Waals surface area contributed by atoms with E-state index >= 15 is 0 Å². The molecule has 28 heavy (non-hydrogen) atoms. The van der Waals surface area contributed by atoms with Crippen molar-refractivity contribution in [2.24, 2.45) is 0 Å². The number of aliphatic hydroxyl groups is 6. The van der Waals surface area contributed by atoms with Crippen LogP contribution in [0.5, 0.6) is 0 Å². The number of aliphatic hydroxyl groups excluding tert-OH is 6. The third-order valence-corrected chi connectivity index (χ3v) is 2.50. The Morgan fingerprint density at radius 3 is 0.643 bits per heavy atom. The largest absolute Gasteiger partial charge is 0.793 e. The SMILES string of the molecule is CC[S-].CC[S-].OCCN(CCO)CCO.OCCN(CCO)CCO.[Ti].[Ti]. The van der Waals surface area contributed by atoms with E-state index in [-0.39, 0.29) is 83.1 Å². The fourth-order valence-electron chi connectivity index (χ4n) is 1.52. The molecule has 0 fully saturated rings. The van der Waals surface area contributed by atoms with Crippen LogP contribution in [0.25, 0.3) is 0 Å². The van der Waals surface area contributed by atoms with Crippen molar-refractivity contribution in [2.45, 2.75) is 13.8 Å². The molecular weight excluding hydrogens is 476 g/mol. The maximum absolute atomic E-state index is 8.48. The van der Waals surface area contributed by atoms with Gasteiger partial charge in [0.25, 0.3) is 0 Å². The maximum Gasteiger partial charge on any atom is 0.0558 e. The number of rotatable bonds is 12. The molecule has 0 aromatic carbocycles. The molecule has 0 atom stereocenters. The summed E-state index contributed by atoms with van der Waals surface area (Å²) < 4.78 is 0. The predicted octanol–water partition coefficient (Wildman–Crippen LogP) is -2.37. The van der Waals surface area contributed by atoms with Crippen molar-refractivity contribution in [3.8, 4) is 0 Å². The van der Waals surface area contributed by atoms with Gasteiger partial charge in [0.05, 0.1) is 39.6 Å². The van der Waals surface area contributed by atoms with Gasteiger partial charge in [-0.05, 0) is 0 Å². The smallest absolute Gasteiger partial charge is 0.0558 e. The van der Waals surface area contributed by atoms with Gasteiger partial charge < -0.3 is 55.9 Å². The quantitative estimate of drug-likeness (QED) is 0.124. The molecule has 6 N–H and O–H groups in total.